The SMILES string of the molecule is C=CCN(C(=O)C(CO)NC(=O)OC(C)(C)C)C(C(=O)NC(C)CCC)c1ccc(C)c(C)c1. The van der Waals surface area contributed by atoms with Crippen LogP contribution in [-0.4, -0.2) is 58.8 Å². The maximum Gasteiger partial charge on any atom is 0.408 e. The molecule has 1 aromatic rings. The van der Waals surface area contributed by atoms with E-state index < -0.39 is 36.3 Å². The Hall–Kier alpha value is -2.87. The topological polar surface area (TPSA) is 108 Å². The second-order valence-corrected chi connectivity index (χ2v) is 9.61. The Morgan fingerprint density at radius 1 is 1.18 bits per heavy atom. The van der Waals surface area contributed by atoms with Crippen LogP contribution in [0.4, 0.5) is 4.79 Å². The van der Waals surface area contributed by atoms with Gasteiger partial charge < -0.3 is 25.4 Å². The van der Waals surface area contributed by atoms with E-state index in [4.69, 9.17) is 4.74 Å². The zero-order valence-electron chi connectivity index (χ0n) is 21.6. The minimum Gasteiger partial charge on any atom is -0.444 e. The molecule has 0 spiro atoms. The van der Waals surface area contributed by atoms with Crippen molar-refractivity contribution in [3.8, 4) is 0 Å². The first-order valence-electron chi connectivity index (χ1n) is 11.7. The minimum absolute atomic E-state index is 0.0402. The van der Waals surface area contributed by atoms with E-state index in [0.717, 1.165) is 24.0 Å². The average molecular weight is 476 g/mol. The van der Waals surface area contributed by atoms with Crippen molar-refractivity contribution in [3.05, 3.63) is 47.5 Å². The lowest BCUT2D eigenvalue weighted by Crippen LogP contribution is -2.54. The van der Waals surface area contributed by atoms with Crippen molar-refractivity contribution < 1.29 is 24.2 Å². The Balaban J connectivity index is 3.39. The Kier molecular flexibility index (Phi) is 11.3. The number of hydrogen-bond acceptors (Lipinski definition) is 5. The highest BCUT2D eigenvalue weighted by Gasteiger charge is 2.36. The fraction of sp³-hybridized carbons (Fsp3) is 0.577. The number of carbonyl (C=O) groups excluding carboxylic acids is 3. The highest BCUT2D eigenvalue weighted by Crippen LogP contribution is 2.25. The van der Waals surface area contributed by atoms with Gasteiger partial charge in [-0.05, 0) is 64.7 Å². The van der Waals surface area contributed by atoms with E-state index in [1.165, 1.54) is 11.0 Å². The predicted octanol–water partition coefficient (Wildman–Crippen LogP) is 3.55. The summed E-state index contributed by atoms with van der Waals surface area (Å²) in [5.41, 5.74) is 1.90. The van der Waals surface area contributed by atoms with E-state index in [1.54, 1.807) is 20.8 Å². The second kappa shape index (κ2) is 13.1. The van der Waals surface area contributed by atoms with Gasteiger partial charge in [-0.2, -0.15) is 0 Å². The third-order valence-corrected chi connectivity index (χ3v) is 5.30. The molecule has 0 aromatic heterocycles. The first-order valence-corrected chi connectivity index (χ1v) is 11.7. The van der Waals surface area contributed by atoms with Crippen molar-refractivity contribution >= 4 is 17.9 Å². The maximum atomic E-state index is 13.5. The molecule has 1 rings (SSSR count). The third kappa shape index (κ3) is 8.82. The van der Waals surface area contributed by atoms with Crippen LogP contribution in [0.25, 0.3) is 0 Å². The molecule has 0 aliphatic rings. The van der Waals surface area contributed by atoms with Crippen molar-refractivity contribution in [2.75, 3.05) is 13.2 Å². The molecule has 0 radical (unpaired) electrons. The van der Waals surface area contributed by atoms with Gasteiger partial charge in [0.2, 0.25) is 11.8 Å². The van der Waals surface area contributed by atoms with Gasteiger partial charge in [0.25, 0.3) is 0 Å². The molecule has 34 heavy (non-hydrogen) atoms. The number of rotatable bonds is 11. The summed E-state index contributed by atoms with van der Waals surface area (Å²) in [6, 6.07) is 3.25. The standard InChI is InChI=1S/C26H41N3O5/c1-9-11-19(5)27-23(31)22(20-13-12-17(3)18(4)15-20)29(14-10-2)24(32)21(16-30)28-25(33)34-26(6,7)8/h10,12-13,15,19,21-22,30H,2,9,11,14,16H2,1,3-8H3,(H,27,31)(H,28,33). The molecular formula is C26H41N3O5. The van der Waals surface area contributed by atoms with Crippen LogP contribution in [-0.2, 0) is 14.3 Å². The van der Waals surface area contributed by atoms with E-state index in [1.807, 2.05) is 45.9 Å². The van der Waals surface area contributed by atoms with Gasteiger partial charge in [-0.1, -0.05) is 37.6 Å². The molecule has 3 unspecified atom stereocenters. The van der Waals surface area contributed by atoms with Crippen LogP contribution in [0.3, 0.4) is 0 Å². The molecule has 0 aliphatic carbocycles. The van der Waals surface area contributed by atoms with Crippen LogP contribution in [0.15, 0.2) is 30.9 Å². The molecule has 3 N–H and O–H groups in total. The largest absolute Gasteiger partial charge is 0.444 e. The molecule has 1 aromatic carbocycles. The van der Waals surface area contributed by atoms with E-state index in [-0.39, 0.29) is 18.5 Å². The fourth-order valence-corrected chi connectivity index (χ4v) is 3.53. The smallest absolute Gasteiger partial charge is 0.408 e. The molecule has 0 saturated heterocycles. The lowest BCUT2D eigenvalue weighted by molar-refractivity contribution is -0.142. The van der Waals surface area contributed by atoms with Gasteiger partial charge in [0.15, 0.2) is 0 Å². The molecule has 3 atom stereocenters. The molecule has 0 saturated carbocycles. The number of ether oxygens (including phenoxy) is 1. The number of aliphatic hydroxyl groups is 1. The number of benzene rings is 1. The van der Waals surface area contributed by atoms with Crippen LogP contribution in [0, 0.1) is 13.8 Å². The molecule has 0 aliphatic heterocycles. The molecule has 0 heterocycles. The van der Waals surface area contributed by atoms with E-state index in [0.29, 0.717) is 5.56 Å². The summed E-state index contributed by atoms with van der Waals surface area (Å²) in [4.78, 5) is 40.6. The van der Waals surface area contributed by atoms with Crippen LogP contribution in [0.5, 0.6) is 0 Å². The lowest BCUT2D eigenvalue weighted by Gasteiger charge is -2.34. The van der Waals surface area contributed by atoms with Crippen molar-refractivity contribution in [2.45, 2.75) is 85.0 Å². The van der Waals surface area contributed by atoms with Crippen molar-refractivity contribution in [2.24, 2.45) is 0 Å². The number of carbonyl (C=O) groups is 3. The van der Waals surface area contributed by atoms with Crippen LogP contribution in [0.1, 0.15) is 70.2 Å². The summed E-state index contributed by atoms with van der Waals surface area (Å²) in [6.45, 7) is 16.1. The molecule has 190 valence electrons. The monoisotopic (exact) mass is 475 g/mol. The van der Waals surface area contributed by atoms with Gasteiger partial charge in [0.05, 0.1) is 6.61 Å². The number of nitrogens with one attached hydrogen (secondary N) is 2. The Bertz CT molecular complexity index is 862. The normalized spacial score (nSPS) is 13.9. The highest BCUT2D eigenvalue weighted by molar-refractivity contribution is 5.92. The van der Waals surface area contributed by atoms with Gasteiger partial charge >= 0.3 is 6.09 Å². The second-order valence-electron chi connectivity index (χ2n) is 9.61. The zero-order valence-corrected chi connectivity index (χ0v) is 21.6. The Morgan fingerprint density at radius 3 is 2.32 bits per heavy atom. The summed E-state index contributed by atoms with van der Waals surface area (Å²) in [6.07, 6.45) is 2.37. The van der Waals surface area contributed by atoms with Crippen LogP contribution >= 0.6 is 0 Å². The molecular weight excluding hydrogens is 434 g/mol. The number of aliphatic hydroxyl groups excluding tert-OH is 1. The van der Waals surface area contributed by atoms with E-state index >= 15 is 0 Å². The summed E-state index contributed by atoms with van der Waals surface area (Å²) < 4.78 is 5.23. The minimum atomic E-state index is -1.29. The van der Waals surface area contributed by atoms with E-state index in [2.05, 4.69) is 17.2 Å². The van der Waals surface area contributed by atoms with Crippen molar-refractivity contribution in [1.82, 2.24) is 15.5 Å². The number of hydrogen-bond donors (Lipinski definition) is 3. The average Bonchev–Trinajstić information content (AvgIpc) is 2.72. The quantitative estimate of drug-likeness (QED) is 0.424. The van der Waals surface area contributed by atoms with E-state index in [9.17, 15) is 19.5 Å². The summed E-state index contributed by atoms with van der Waals surface area (Å²) in [5, 5.41) is 15.3. The van der Waals surface area contributed by atoms with Gasteiger partial charge in [-0.25, -0.2) is 4.79 Å². The molecule has 8 nitrogen and oxygen atoms in total. The molecule has 3 amide bonds. The number of alkyl carbamates (subject to hydrolysis) is 1. The van der Waals surface area contributed by atoms with Gasteiger partial charge in [-0.15, -0.1) is 6.58 Å². The van der Waals surface area contributed by atoms with Crippen molar-refractivity contribution in [3.63, 3.8) is 0 Å². The summed E-state index contributed by atoms with van der Waals surface area (Å²) >= 11 is 0. The van der Waals surface area contributed by atoms with Crippen molar-refractivity contribution in [1.29, 1.82) is 0 Å². The first-order chi connectivity index (χ1) is 15.8. The van der Waals surface area contributed by atoms with Gasteiger partial charge in [0, 0.05) is 12.6 Å². The third-order valence-electron chi connectivity index (χ3n) is 5.30. The van der Waals surface area contributed by atoms with Gasteiger partial charge in [-0.3, -0.25) is 9.59 Å². The molecule has 8 heteroatoms. The summed E-state index contributed by atoms with van der Waals surface area (Å²) in [7, 11) is 0. The predicted molar refractivity (Wildman–Crippen MR) is 133 cm³/mol. The molecule has 0 fully saturated rings. The number of aryl methyl sites for hydroxylation is 2. The maximum absolute atomic E-state index is 13.5. The fourth-order valence-electron chi connectivity index (χ4n) is 3.53. The number of nitrogens with zero attached hydrogens (tertiary/aromatic N) is 1. The Labute approximate surface area is 203 Å². The van der Waals surface area contributed by atoms with Crippen LogP contribution in [0.2, 0.25) is 0 Å². The zero-order chi connectivity index (χ0) is 26.1. The summed E-state index contributed by atoms with van der Waals surface area (Å²) in [5.74, 6) is -0.955. The van der Waals surface area contributed by atoms with Crippen LogP contribution < -0.4 is 10.6 Å². The molecule has 0 bridgehead atoms. The first kappa shape index (κ1) is 29.2. The lowest BCUT2D eigenvalue weighted by atomic mass is 9.98. The Morgan fingerprint density at radius 2 is 1.82 bits per heavy atom. The highest BCUT2D eigenvalue weighted by atomic mass is 16.6. The van der Waals surface area contributed by atoms with Gasteiger partial charge in [0.1, 0.15) is 17.7 Å². The number of amides is 3.